The van der Waals surface area contributed by atoms with Gasteiger partial charge in [-0.15, -0.1) is 21.5 Å². The van der Waals surface area contributed by atoms with Gasteiger partial charge in [-0.3, -0.25) is 4.79 Å². The van der Waals surface area contributed by atoms with Crippen LogP contribution in [0.2, 0.25) is 10.0 Å². The van der Waals surface area contributed by atoms with Gasteiger partial charge in [0.25, 0.3) is 0 Å². The molecular weight excluding hydrogens is 425 g/mol. The largest absolute Gasteiger partial charge is 0.316 e. The molecule has 1 N–H and O–H groups in total. The molecule has 0 fully saturated rings. The van der Waals surface area contributed by atoms with Crippen molar-refractivity contribution in [3.05, 3.63) is 45.3 Å². The summed E-state index contributed by atoms with van der Waals surface area (Å²) in [5, 5.41) is 24.1. The van der Waals surface area contributed by atoms with Crippen LogP contribution in [0.25, 0.3) is 11.4 Å². The first kappa shape index (κ1) is 19.7. The second-order valence-electron chi connectivity index (χ2n) is 5.29. The number of hydrogen-bond donors (Lipinski definition) is 1. The summed E-state index contributed by atoms with van der Waals surface area (Å²) in [7, 11) is 0. The van der Waals surface area contributed by atoms with Crippen molar-refractivity contribution in [2.45, 2.75) is 18.6 Å². The Hall–Kier alpha value is -2.05. The van der Waals surface area contributed by atoms with Crippen LogP contribution in [0.15, 0.2) is 34.8 Å². The number of amides is 1. The Bertz CT molecular complexity index is 1020. The molecule has 0 atom stereocenters. The Labute approximate surface area is 174 Å². The Kier molecular flexibility index (Phi) is 6.39. The maximum absolute atomic E-state index is 12.2. The average molecular weight is 438 g/mol. The number of nitriles is 1. The number of hydrogen-bond acceptors (Lipinski definition) is 6. The summed E-state index contributed by atoms with van der Waals surface area (Å²) in [5.41, 5.74) is 1.18. The van der Waals surface area contributed by atoms with Crippen molar-refractivity contribution in [3.8, 4) is 17.5 Å². The van der Waals surface area contributed by atoms with Crippen LogP contribution in [-0.4, -0.2) is 26.4 Å². The summed E-state index contributed by atoms with van der Waals surface area (Å²) < 4.78 is 1.89. The smallest absolute Gasteiger partial charge is 0.235 e. The molecule has 0 aliphatic heterocycles. The quantitative estimate of drug-likeness (QED) is 0.552. The fourth-order valence-corrected chi connectivity index (χ4v) is 4.39. The van der Waals surface area contributed by atoms with E-state index in [0.717, 1.165) is 5.56 Å². The Morgan fingerprint density at radius 3 is 2.89 bits per heavy atom. The molecule has 3 aromatic rings. The Morgan fingerprint density at radius 2 is 2.19 bits per heavy atom. The molecule has 0 saturated heterocycles. The van der Waals surface area contributed by atoms with E-state index in [4.69, 9.17) is 28.5 Å². The summed E-state index contributed by atoms with van der Waals surface area (Å²) in [4.78, 5) is 12.2. The molecule has 1 aromatic carbocycles. The number of thioether (sulfide) groups is 1. The van der Waals surface area contributed by atoms with Crippen LogP contribution in [0, 0.1) is 11.3 Å². The molecule has 0 aliphatic carbocycles. The normalized spacial score (nSPS) is 10.6. The van der Waals surface area contributed by atoms with Crippen molar-refractivity contribution in [1.82, 2.24) is 14.8 Å². The lowest BCUT2D eigenvalue weighted by Gasteiger charge is -2.09. The minimum Gasteiger partial charge on any atom is -0.316 e. The highest BCUT2D eigenvalue weighted by atomic mass is 35.5. The number of benzene rings is 1. The second kappa shape index (κ2) is 8.76. The molecule has 10 heteroatoms. The fourth-order valence-electron chi connectivity index (χ4n) is 2.34. The molecule has 2 heterocycles. The van der Waals surface area contributed by atoms with E-state index in [9.17, 15) is 4.79 Å². The van der Waals surface area contributed by atoms with Crippen molar-refractivity contribution >= 4 is 57.2 Å². The monoisotopic (exact) mass is 437 g/mol. The van der Waals surface area contributed by atoms with Gasteiger partial charge in [0, 0.05) is 17.1 Å². The van der Waals surface area contributed by atoms with E-state index in [1.165, 1.54) is 23.1 Å². The van der Waals surface area contributed by atoms with Gasteiger partial charge in [-0.05, 0) is 36.6 Å². The molecule has 27 heavy (non-hydrogen) atoms. The van der Waals surface area contributed by atoms with Gasteiger partial charge in [-0.2, -0.15) is 5.26 Å². The van der Waals surface area contributed by atoms with E-state index < -0.39 is 0 Å². The highest BCUT2D eigenvalue weighted by Crippen LogP contribution is 2.31. The molecule has 2 aromatic heterocycles. The van der Waals surface area contributed by atoms with Crippen molar-refractivity contribution in [1.29, 1.82) is 5.26 Å². The summed E-state index contributed by atoms with van der Waals surface area (Å²) in [6.07, 6.45) is 0. The lowest BCUT2D eigenvalue weighted by atomic mass is 10.2. The van der Waals surface area contributed by atoms with Crippen LogP contribution in [0.5, 0.6) is 0 Å². The highest BCUT2D eigenvalue weighted by molar-refractivity contribution is 7.99. The number of carbonyl (C=O) groups is 1. The van der Waals surface area contributed by atoms with E-state index >= 15 is 0 Å². The Morgan fingerprint density at radius 1 is 1.37 bits per heavy atom. The van der Waals surface area contributed by atoms with Gasteiger partial charge in [-0.1, -0.05) is 35.0 Å². The van der Waals surface area contributed by atoms with Gasteiger partial charge in [0.15, 0.2) is 11.0 Å². The van der Waals surface area contributed by atoms with Crippen molar-refractivity contribution in [2.24, 2.45) is 0 Å². The zero-order valence-corrected chi connectivity index (χ0v) is 17.2. The van der Waals surface area contributed by atoms with Gasteiger partial charge >= 0.3 is 0 Å². The summed E-state index contributed by atoms with van der Waals surface area (Å²) >= 11 is 14.8. The third-order valence-corrected chi connectivity index (χ3v) is 5.92. The fraction of sp³-hybridized carbons (Fsp3) is 0.176. The number of aromatic nitrogens is 3. The minimum atomic E-state index is -0.212. The lowest BCUT2D eigenvalue weighted by Crippen LogP contribution is -2.14. The van der Waals surface area contributed by atoms with Crippen molar-refractivity contribution in [2.75, 3.05) is 11.1 Å². The molecule has 0 unspecified atom stereocenters. The van der Waals surface area contributed by atoms with Crippen LogP contribution in [-0.2, 0) is 11.3 Å². The minimum absolute atomic E-state index is 0.148. The van der Waals surface area contributed by atoms with Gasteiger partial charge in [0.2, 0.25) is 5.91 Å². The van der Waals surface area contributed by atoms with Crippen molar-refractivity contribution < 1.29 is 4.79 Å². The van der Waals surface area contributed by atoms with E-state index in [1.807, 2.05) is 17.6 Å². The maximum atomic E-state index is 12.2. The second-order valence-corrected chi connectivity index (χ2v) is 7.99. The zero-order chi connectivity index (χ0) is 19.4. The molecule has 138 valence electrons. The third-order valence-electron chi connectivity index (χ3n) is 3.58. The number of thiophene rings is 1. The molecule has 6 nitrogen and oxygen atoms in total. The molecule has 0 saturated carbocycles. The first-order valence-corrected chi connectivity index (χ1v) is 10.4. The number of nitrogens with zero attached hydrogens (tertiary/aromatic N) is 4. The number of halogens is 2. The molecule has 0 bridgehead atoms. The van der Waals surface area contributed by atoms with Crippen LogP contribution >= 0.6 is 46.3 Å². The standard InChI is InChI=1S/C17H13Cl2N5OS2/c1-2-24-15(12-4-3-11(18)7-13(12)19)22-23-17(24)27-9-14(25)21-16-10(8-20)5-6-26-16/h3-7H,2,9H2,1H3,(H,21,25). The molecule has 3 rings (SSSR count). The lowest BCUT2D eigenvalue weighted by molar-refractivity contribution is -0.113. The van der Waals surface area contributed by atoms with Crippen molar-refractivity contribution in [3.63, 3.8) is 0 Å². The first-order valence-electron chi connectivity index (χ1n) is 7.82. The van der Waals surface area contributed by atoms with Gasteiger partial charge in [-0.25, -0.2) is 0 Å². The van der Waals surface area contributed by atoms with E-state index in [0.29, 0.717) is 38.1 Å². The van der Waals surface area contributed by atoms with Crippen LogP contribution < -0.4 is 5.32 Å². The number of anilines is 1. The number of nitrogens with one attached hydrogen (secondary N) is 1. The van der Waals surface area contributed by atoms with Crippen LogP contribution in [0.4, 0.5) is 5.00 Å². The molecule has 0 radical (unpaired) electrons. The first-order chi connectivity index (χ1) is 13.0. The predicted octanol–water partition coefficient (Wildman–Crippen LogP) is 4.94. The summed E-state index contributed by atoms with van der Waals surface area (Å²) in [6.45, 7) is 2.58. The molecular formula is C17H13Cl2N5OS2. The number of rotatable bonds is 6. The molecule has 1 amide bonds. The SMILES string of the molecule is CCn1c(SCC(=O)Nc2sccc2C#N)nnc1-c1ccc(Cl)cc1Cl. The Balaban J connectivity index is 1.73. The topological polar surface area (TPSA) is 83.6 Å². The zero-order valence-electron chi connectivity index (χ0n) is 14.1. The van der Waals surface area contributed by atoms with E-state index in [2.05, 4.69) is 15.5 Å². The van der Waals surface area contributed by atoms with Gasteiger partial charge in [0.1, 0.15) is 11.1 Å². The van der Waals surface area contributed by atoms with Gasteiger partial charge < -0.3 is 9.88 Å². The third kappa shape index (κ3) is 4.45. The van der Waals surface area contributed by atoms with Gasteiger partial charge in [0.05, 0.1) is 16.3 Å². The van der Waals surface area contributed by atoms with Crippen LogP contribution in [0.1, 0.15) is 12.5 Å². The van der Waals surface area contributed by atoms with E-state index in [-0.39, 0.29) is 11.7 Å². The summed E-state index contributed by atoms with van der Waals surface area (Å²) in [6, 6.07) is 8.90. The maximum Gasteiger partial charge on any atom is 0.235 e. The molecule has 0 spiro atoms. The molecule has 0 aliphatic rings. The van der Waals surface area contributed by atoms with E-state index in [1.54, 1.807) is 29.6 Å². The predicted molar refractivity (Wildman–Crippen MR) is 110 cm³/mol. The summed E-state index contributed by atoms with van der Waals surface area (Å²) in [5.74, 6) is 0.553. The number of carbonyl (C=O) groups excluding carboxylic acids is 1. The highest BCUT2D eigenvalue weighted by Gasteiger charge is 2.17. The average Bonchev–Trinajstić information content (AvgIpc) is 3.26. The van der Waals surface area contributed by atoms with Crippen LogP contribution in [0.3, 0.4) is 0 Å².